The molecule has 2 aromatic rings. The monoisotopic (exact) mass is 324 g/mol. The van der Waals surface area contributed by atoms with Crippen molar-refractivity contribution >= 4 is 22.4 Å². The molecule has 1 amide bonds. The number of methoxy groups -OCH3 is 1. The molecule has 5 nitrogen and oxygen atoms in total. The highest BCUT2D eigenvalue weighted by molar-refractivity contribution is 7.15. The van der Waals surface area contributed by atoms with Crippen molar-refractivity contribution in [1.82, 2.24) is 4.98 Å². The number of nitrogens with zero attached hydrogens (tertiary/aromatic N) is 1. The molecule has 22 heavy (non-hydrogen) atoms. The van der Waals surface area contributed by atoms with Crippen LogP contribution in [-0.4, -0.2) is 29.7 Å². The van der Waals surface area contributed by atoms with Crippen LogP contribution in [0, 0.1) is 5.82 Å². The molecule has 0 spiro atoms. The van der Waals surface area contributed by atoms with Gasteiger partial charge in [0, 0.05) is 36.8 Å². The molecular formula is C15H17FN2O3S. The van der Waals surface area contributed by atoms with Crippen LogP contribution in [0.3, 0.4) is 0 Å². The third-order valence-corrected chi connectivity index (χ3v) is 4.33. The van der Waals surface area contributed by atoms with E-state index >= 15 is 0 Å². The molecule has 0 aliphatic heterocycles. The van der Waals surface area contributed by atoms with Crippen LogP contribution in [0.2, 0.25) is 0 Å². The third-order valence-electron chi connectivity index (χ3n) is 3.36. The first kappa shape index (κ1) is 16.5. The van der Waals surface area contributed by atoms with E-state index in [0.29, 0.717) is 11.6 Å². The Morgan fingerprint density at radius 3 is 2.86 bits per heavy atom. The molecule has 7 heteroatoms. The number of thiazole rings is 1. The number of halogens is 1. The third kappa shape index (κ3) is 3.32. The van der Waals surface area contributed by atoms with E-state index in [1.165, 1.54) is 37.5 Å². The Morgan fingerprint density at radius 1 is 1.50 bits per heavy atom. The van der Waals surface area contributed by atoms with Gasteiger partial charge in [0.2, 0.25) is 0 Å². The number of hydrogen-bond acceptors (Lipinski definition) is 5. The maximum Gasteiger partial charge on any atom is 0.262 e. The van der Waals surface area contributed by atoms with Crippen molar-refractivity contribution in [2.75, 3.05) is 19.0 Å². The zero-order valence-corrected chi connectivity index (χ0v) is 13.1. The summed E-state index contributed by atoms with van der Waals surface area (Å²) in [6.45, 7) is 1.52. The van der Waals surface area contributed by atoms with Gasteiger partial charge in [-0.15, -0.1) is 11.3 Å². The molecule has 118 valence electrons. The van der Waals surface area contributed by atoms with Gasteiger partial charge in [-0.05, 0) is 13.0 Å². The zero-order valence-electron chi connectivity index (χ0n) is 12.3. The number of hydrogen-bond donors (Lipinski definition) is 2. The summed E-state index contributed by atoms with van der Waals surface area (Å²) in [6.07, 6.45) is 2.06. The van der Waals surface area contributed by atoms with E-state index in [0.717, 1.165) is 4.88 Å². The predicted molar refractivity (Wildman–Crippen MR) is 82.3 cm³/mol. The van der Waals surface area contributed by atoms with E-state index in [-0.39, 0.29) is 12.2 Å². The lowest BCUT2D eigenvalue weighted by molar-refractivity contribution is -0.137. The van der Waals surface area contributed by atoms with E-state index in [9.17, 15) is 9.18 Å². The molecule has 1 aromatic carbocycles. The number of carbonyl (C=O) groups excluding carboxylic acids is 1. The summed E-state index contributed by atoms with van der Waals surface area (Å²) in [5.41, 5.74) is -1.31. The Bertz CT molecular complexity index is 662. The van der Waals surface area contributed by atoms with Gasteiger partial charge in [0.05, 0.1) is 0 Å². The number of benzene rings is 1. The molecule has 0 radical (unpaired) electrons. The van der Waals surface area contributed by atoms with Crippen molar-refractivity contribution in [3.63, 3.8) is 0 Å². The van der Waals surface area contributed by atoms with Crippen molar-refractivity contribution in [1.29, 1.82) is 0 Å². The van der Waals surface area contributed by atoms with Gasteiger partial charge in [-0.2, -0.15) is 0 Å². The molecule has 0 fully saturated rings. The van der Waals surface area contributed by atoms with Crippen molar-refractivity contribution in [2.24, 2.45) is 0 Å². The molecule has 0 saturated carbocycles. The standard InChI is InChI=1S/C15H17FN2O3S/c1-15(21-2,11-5-3-4-6-12(11)16)13(20)18-14-17-9-10(22-14)7-8-19/h3-6,9,19H,7-8H2,1-2H3,(H,17,18,20). The van der Waals surface area contributed by atoms with Crippen molar-refractivity contribution in [2.45, 2.75) is 18.9 Å². The first-order valence-electron chi connectivity index (χ1n) is 6.68. The Kier molecular flexibility index (Phi) is 5.23. The lowest BCUT2D eigenvalue weighted by Gasteiger charge is -2.27. The van der Waals surface area contributed by atoms with Crippen LogP contribution in [0.4, 0.5) is 9.52 Å². The highest BCUT2D eigenvalue weighted by Crippen LogP contribution is 2.29. The minimum absolute atomic E-state index is 0.0145. The summed E-state index contributed by atoms with van der Waals surface area (Å²) in [5, 5.41) is 11.9. The second kappa shape index (κ2) is 6.95. The Labute approximate surface area is 131 Å². The van der Waals surface area contributed by atoms with Crippen LogP contribution in [0.5, 0.6) is 0 Å². The molecule has 0 aliphatic carbocycles. The van der Waals surface area contributed by atoms with E-state index in [2.05, 4.69) is 10.3 Å². The van der Waals surface area contributed by atoms with Gasteiger partial charge < -0.3 is 9.84 Å². The van der Waals surface area contributed by atoms with Gasteiger partial charge in [-0.3, -0.25) is 10.1 Å². The van der Waals surface area contributed by atoms with Crippen molar-refractivity contribution in [3.05, 3.63) is 46.7 Å². The number of anilines is 1. The zero-order chi connectivity index (χ0) is 16.2. The maximum atomic E-state index is 14.0. The van der Waals surface area contributed by atoms with Crippen LogP contribution >= 0.6 is 11.3 Å². The highest BCUT2D eigenvalue weighted by atomic mass is 32.1. The SMILES string of the molecule is COC(C)(C(=O)Nc1ncc(CCO)s1)c1ccccc1F. The Balaban J connectivity index is 2.22. The molecule has 0 saturated heterocycles. The number of aliphatic hydroxyl groups excluding tert-OH is 1. The van der Waals surface area contributed by atoms with Gasteiger partial charge in [0.25, 0.3) is 5.91 Å². The summed E-state index contributed by atoms with van der Waals surface area (Å²) in [5.74, 6) is -1.02. The molecule has 1 heterocycles. The van der Waals surface area contributed by atoms with E-state index < -0.39 is 17.3 Å². The Hall–Kier alpha value is -1.83. The first-order chi connectivity index (χ1) is 10.5. The highest BCUT2D eigenvalue weighted by Gasteiger charge is 2.38. The number of aliphatic hydroxyl groups is 1. The molecule has 0 bridgehead atoms. The molecule has 1 aromatic heterocycles. The van der Waals surface area contributed by atoms with Crippen LogP contribution in [0.1, 0.15) is 17.4 Å². The van der Waals surface area contributed by atoms with E-state index in [4.69, 9.17) is 9.84 Å². The summed E-state index contributed by atoms with van der Waals surface area (Å²) >= 11 is 1.26. The average molecular weight is 324 g/mol. The fourth-order valence-corrected chi connectivity index (χ4v) is 2.78. The van der Waals surface area contributed by atoms with Crippen molar-refractivity contribution < 1.29 is 19.0 Å². The fourth-order valence-electron chi connectivity index (χ4n) is 1.98. The maximum absolute atomic E-state index is 14.0. The largest absolute Gasteiger partial charge is 0.396 e. The van der Waals surface area contributed by atoms with Crippen LogP contribution in [0.15, 0.2) is 30.5 Å². The first-order valence-corrected chi connectivity index (χ1v) is 7.50. The quantitative estimate of drug-likeness (QED) is 0.855. The smallest absolute Gasteiger partial charge is 0.262 e. The number of amides is 1. The van der Waals surface area contributed by atoms with Gasteiger partial charge in [0.1, 0.15) is 5.82 Å². The summed E-state index contributed by atoms with van der Waals surface area (Å²) in [7, 11) is 1.35. The molecule has 1 atom stereocenters. The number of rotatable bonds is 6. The normalized spacial score (nSPS) is 13.6. The van der Waals surface area contributed by atoms with Crippen molar-refractivity contribution in [3.8, 4) is 0 Å². The molecule has 2 rings (SSSR count). The van der Waals surface area contributed by atoms with Crippen LogP contribution in [-0.2, 0) is 21.6 Å². The fraction of sp³-hybridized carbons (Fsp3) is 0.333. The van der Waals surface area contributed by atoms with Gasteiger partial charge in [-0.1, -0.05) is 18.2 Å². The van der Waals surface area contributed by atoms with E-state index in [1.54, 1.807) is 18.3 Å². The topological polar surface area (TPSA) is 71.5 Å². The second-order valence-electron chi connectivity index (χ2n) is 4.78. The van der Waals surface area contributed by atoms with Gasteiger partial charge in [-0.25, -0.2) is 9.37 Å². The Morgan fingerprint density at radius 2 is 2.23 bits per heavy atom. The van der Waals surface area contributed by atoms with Crippen LogP contribution in [0.25, 0.3) is 0 Å². The minimum Gasteiger partial charge on any atom is -0.396 e. The van der Waals surface area contributed by atoms with E-state index in [1.807, 2.05) is 0 Å². The number of ether oxygens (including phenoxy) is 1. The summed E-state index contributed by atoms with van der Waals surface area (Å²) in [6, 6.07) is 5.99. The molecular weight excluding hydrogens is 307 g/mol. The summed E-state index contributed by atoms with van der Waals surface area (Å²) < 4.78 is 19.3. The average Bonchev–Trinajstić information content (AvgIpc) is 2.94. The molecule has 1 unspecified atom stereocenters. The second-order valence-corrected chi connectivity index (χ2v) is 5.89. The number of nitrogens with one attached hydrogen (secondary N) is 1. The number of carbonyl (C=O) groups is 1. The summed E-state index contributed by atoms with van der Waals surface area (Å²) in [4.78, 5) is 17.4. The molecule has 2 N–H and O–H groups in total. The predicted octanol–water partition coefficient (Wildman–Crippen LogP) is 2.32. The number of aromatic nitrogens is 1. The lowest BCUT2D eigenvalue weighted by Crippen LogP contribution is -2.40. The van der Waals surface area contributed by atoms with Gasteiger partial charge >= 0.3 is 0 Å². The lowest BCUT2D eigenvalue weighted by atomic mass is 9.94. The minimum atomic E-state index is -1.46. The van der Waals surface area contributed by atoms with Crippen LogP contribution < -0.4 is 5.32 Å². The molecule has 0 aliphatic rings. The van der Waals surface area contributed by atoms with Gasteiger partial charge in [0.15, 0.2) is 10.7 Å².